The molecule has 1 aromatic rings. The van der Waals surface area contributed by atoms with Gasteiger partial charge in [-0.25, -0.2) is 0 Å². The summed E-state index contributed by atoms with van der Waals surface area (Å²) in [5, 5.41) is 4.65. The van der Waals surface area contributed by atoms with Gasteiger partial charge in [-0.2, -0.15) is 0 Å². The zero-order valence-electron chi connectivity index (χ0n) is 14.4. The molecule has 0 spiro atoms. The van der Waals surface area contributed by atoms with Crippen LogP contribution >= 0.6 is 0 Å². The summed E-state index contributed by atoms with van der Waals surface area (Å²) in [4.78, 5) is 63.2. The highest BCUT2D eigenvalue weighted by Crippen LogP contribution is 2.33. The molecular weight excluding hydrogens is 340 g/mol. The van der Waals surface area contributed by atoms with Crippen molar-refractivity contribution in [1.82, 2.24) is 15.5 Å². The van der Waals surface area contributed by atoms with Crippen molar-refractivity contribution in [2.45, 2.75) is 18.9 Å². The van der Waals surface area contributed by atoms with Crippen LogP contribution in [0.1, 0.15) is 33.6 Å². The number of carbonyl (C=O) groups excluding carboxylic acids is 5. The molecule has 136 valence electrons. The summed E-state index contributed by atoms with van der Waals surface area (Å²) in [6.07, 6.45) is 0.160. The van der Waals surface area contributed by atoms with E-state index in [4.69, 9.17) is 0 Å². The van der Waals surface area contributed by atoms with E-state index in [9.17, 15) is 24.0 Å². The Labute approximate surface area is 149 Å². The van der Waals surface area contributed by atoms with Gasteiger partial charge in [0.25, 0.3) is 11.8 Å². The summed E-state index contributed by atoms with van der Waals surface area (Å²) in [6.45, 7) is 0.00679. The van der Waals surface area contributed by atoms with Crippen molar-refractivity contribution in [3.8, 4) is 0 Å². The first-order chi connectivity index (χ1) is 12.3. The smallest absolute Gasteiger partial charge is 0.264 e. The number of benzene rings is 1. The molecule has 1 aromatic carbocycles. The molecule has 0 radical (unpaired) electrons. The quantitative estimate of drug-likeness (QED) is 0.686. The van der Waals surface area contributed by atoms with Gasteiger partial charge in [0.1, 0.15) is 6.04 Å². The Kier molecular flexibility index (Phi) is 4.45. The predicted molar refractivity (Wildman–Crippen MR) is 90.5 cm³/mol. The van der Waals surface area contributed by atoms with Crippen LogP contribution in [0.25, 0.3) is 0 Å². The van der Waals surface area contributed by atoms with E-state index in [0.717, 1.165) is 4.90 Å². The molecule has 0 aromatic heterocycles. The van der Waals surface area contributed by atoms with Gasteiger partial charge in [-0.05, 0) is 18.6 Å². The van der Waals surface area contributed by atoms with Crippen molar-refractivity contribution in [2.24, 2.45) is 0 Å². The van der Waals surface area contributed by atoms with E-state index >= 15 is 0 Å². The van der Waals surface area contributed by atoms with E-state index in [0.29, 0.717) is 5.69 Å². The maximum atomic E-state index is 12.9. The van der Waals surface area contributed by atoms with Crippen LogP contribution in [-0.2, 0) is 14.4 Å². The Morgan fingerprint density at radius 2 is 2.00 bits per heavy atom. The van der Waals surface area contributed by atoms with Crippen molar-refractivity contribution >= 4 is 35.2 Å². The van der Waals surface area contributed by atoms with E-state index < -0.39 is 29.7 Å². The summed E-state index contributed by atoms with van der Waals surface area (Å²) < 4.78 is 0. The molecule has 2 aliphatic rings. The van der Waals surface area contributed by atoms with E-state index in [1.54, 1.807) is 24.1 Å². The van der Waals surface area contributed by atoms with Gasteiger partial charge in [0.05, 0.1) is 23.4 Å². The number of nitrogens with zero attached hydrogens (tertiary/aromatic N) is 2. The third-order valence-electron chi connectivity index (χ3n) is 4.52. The van der Waals surface area contributed by atoms with Crippen LogP contribution in [0.2, 0.25) is 0 Å². The van der Waals surface area contributed by atoms with Gasteiger partial charge < -0.3 is 10.2 Å². The second-order valence-corrected chi connectivity index (χ2v) is 6.18. The topological polar surface area (TPSA) is 116 Å². The van der Waals surface area contributed by atoms with Gasteiger partial charge in [0.15, 0.2) is 0 Å². The van der Waals surface area contributed by atoms with E-state index in [2.05, 4.69) is 10.6 Å². The minimum Gasteiger partial charge on any atom is -0.365 e. The maximum absolute atomic E-state index is 12.9. The SMILES string of the molecule is CNC(=O)CN(C)c1cccc2c1C(=O)N(C1CCC(=O)NC1=O)C2=O. The van der Waals surface area contributed by atoms with Crippen molar-refractivity contribution in [3.63, 3.8) is 0 Å². The zero-order chi connectivity index (χ0) is 19.0. The Morgan fingerprint density at radius 1 is 1.27 bits per heavy atom. The number of hydrogen-bond donors (Lipinski definition) is 2. The standard InChI is InChI=1S/C17H18N4O5/c1-18-13(23)8-20(2)10-5-3-4-9-14(10)17(26)21(16(9)25)11-6-7-12(22)19-15(11)24/h3-5,11H,6-8H2,1-2H3,(H,18,23)(H,19,22,24). The number of imide groups is 2. The number of fused-ring (bicyclic) bond motifs is 1. The van der Waals surface area contributed by atoms with Gasteiger partial charge in [0.2, 0.25) is 17.7 Å². The summed E-state index contributed by atoms with van der Waals surface area (Å²) >= 11 is 0. The number of rotatable bonds is 4. The molecule has 1 atom stereocenters. The molecule has 1 saturated heterocycles. The molecule has 0 aliphatic carbocycles. The maximum Gasteiger partial charge on any atom is 0.264 e. The molecule has 9 nitrogen and oxygen atoms in total. The summed E-state index contributed by atoms with van der Waals surface area (Å²) in [5.74, 6) is -2.50. The minimum absolute atomic E-state index is 0.00679. The molecule has 1 unspecified atom stereocenters. The number of likely N-dealkylation sites (N-methyl/N-ethyl adjacent to an activating group) is 2. The summed E-state index contributed by atoms with van der Waals surface area (Å²) in [6, 6.07) is 3.75. The van der Waals surface area contributed by atoms with Crippen LogP contribution in [0, 0.1) is 0 Å². The van der Waals surface area contributed by atoms with Crippen molar-refractivity contribution in [3.05, 3.63) is 29.3 Å². The molecule has 0 bridgehead atoms. The first kappa shape index (κ1) is 17.6. The first-order valence-corrected chi connectivity index (χ1v) is 8.11. The van der Waals surface area contributed by atoms with Crippen LogP contribution in [0.4, 0.5) is 5.69 Å². The molecule has 26 heavy (non-hydrogen) atoms. The predicted octanol–water partition coefficient (Wildman–Crippen LogP) is -0.730. The van der Waals surface area contributed by atoms with Gasteiger partial charge in [-0.15, -0.1) is 0 Å². The van der Waals surface area contributed by atoms with E-state index in [1.165, 1.54) is 13.1 Å². The Hall–Kier alpha value is -3.23. The van der Waals surface area contributed by atoms with Crippen LogP contribution in [0.3, 0.4) is 0 Å². The van der Waals surface area contributed by atoms with Crippen LogP contribution in [-0.4, -0.2) is 61.1 Å². The monoisotopic (exact) mass is 358 g/mol. The third-order valence-corrected chi connectivity index (χ3v) is 4.52. The number of nitrogens with one attached hydrogen (secondary N) is 2. The summed E-state index contributed by atoms with van der Waals surface area (Å²) in [7, 11) is 3.14. The molecule has 0 saturated carbocycles. The average molecular weight is 358 g/mol. The number of hydrogen-bond acceptors (Lipinski definition) is 6. The number of anilines is 1. The van der Waals surface area contributed by atoms with Gasteiger partial charge in [-0.1, -0.05) is 6.07 Å². The molecule has 2 N–H and O–H groups in total. The molecule has 2 aliphatic heterocycles. The van der Waals surface area contributed by atoms with E-state index in [1.807, 2.05) is 0 Å². The van der Waals surface area contributed by atoms with Gasteiger partial charge >= 0.3 is 0 Å². The normalized spacial score (nSPS) is 19.3. The van der Waals surface area contributed by atoms with Crippen LogP contribution in [0.15, 0.2) is 18.2 Å². The fourth-order valence-electron chi connectivity index (χ4n) is 3.19. The fraction of sp³-hybridized carbons (Fsp3) is 0.353. The minimum atomic E-state index is -1.02. The van der Waals surface area contributed by atoms with Crippen LogP contribution in [0.5, 0.6) is 0 Å². The Balaban J connectivity index is 1.95. The van der Waals surface area contributed by atoms with E-state index in [-0.39, 0.29) is 36.4 Å². The average Bonchev–Trinajstić information content (AvgIpc) is 2.86. The molecule has 1 fully saturated rings. The first-order valence-electron chi connectivity index (χ1n) is 8.11. The Bertz CT molecular complexity index is 834. The lowest BCUT2D eigenvalue weighted by Gasteiger charge is -2.28. The molecule has 2 heterocycles. The molecule has 9 heteroatoms. The van der Waals surface area contributed by atoms with Crippen LogP contribution < -0.4 is 15.5 Å². The molecule has 5 amide bonds. The molecular formula is C17H18N4O5. The Morgan fingerprint density at radius 3 is 2.65 bits per heavy atom. The fourth-order valence-corrected chi connectivity index (χ4v) is 3.19. The highest BCUT2D eigenvalue weighted by atomic mass is 16.2. The highest BCUT2D eigenvalue weighted by molar-refractivity contribution is 6.25. The van der Waals surface area contributed by atoms with Gasteiger partial charge in [0, 0.05) is 20.5 Å². The lowest BCUT2D eigenvalue weighted by atomic mass is 10.0. The number of carbonyl (C=O) groups is 5. The highest BCUT2D eigenvalue weighted by Gasteiger charge is 2.45. The largest absolute Gasteiger partial charge is 0.365 e. The number of amides is 5. The zero-order valence-corrected chi connectivity index (χ0v) is 14.4. The second-order valence-electron chi connectivity index (χ2n) is 6.18. The van der Waals surface area contributed by atoms with Gasteiger partial charge in [-0.3, -0.25) is 34.2 Å². The molecule has 3 rings (SSSR count). The lowest BCUT2D eigenvalue weighted by molar-refractivity contribution is -0.136. The summed E-state index contributed by atoms with van der Waals surface area (Å²) in [5.41, 5.74) is 0.772. The van der Waals surface area contributed by atoms with Crippen molar-refractivity contribution in [1.29, 1.82) is 0 Å². The lowest BCUT2D eigenvalue weighted by Crippen LogP contribution is -2.54. The van der Waals surface area contributed by atoms with Crippen molar-refractivity contribution < 1.29 is 24.0 Å². The van der Waals surface area contributed by atoms with Crippen molar-refractivity contribution in [2.75, 3.05) is 25.5 Å². The second kappa shape index (κ2) is 6.58. The number of piperidine rings is 1. The third kappa shape index (κ3) is 2.81.